The standard InChI is InChI=1S/C27H32N6O/c1-20(34)29-23-8-5-7-22(19-23)21-11-16-32(17-12-21)14-6-15-33-25-10-4-3-9-24(25)30-27(33)26-28-13-18-31(26)2/h3-5,7-10,13,18-19,21H,6,11-12,14-17H2,1-2H3,(H,29,34). The summed E-state index contributed by atoms with van der Waals surface area (Å²) in [5.74, 6) is 2.37. The largest absolute Gasteiger partial charge is 0.331 e. The van der Waals surface area contributed by atoms with Crippen LogP contribution in [0, 0.1) is 0 Å². The lowest BCUT2D eigenvalue weighted by Gasteiger charge is -2.32. The summed E-state index contributed by atoms with van der Waals surface area (Å²) in [7, 11) is 2.02. The number of anilines is 1. The number of benzene rings is 2. The number of nitrogens with zero attached hydrogens (tertiary/aromatic N) is 5. The number of aryl methyl sites for hydroxylation is 2. The lowest BCUT2D eigenvalue weighted by molar-refractivity contribution is -0.114. The van der Waals surface area contributed by atoms with Gasteiger partial charge in [0, 0.05) is 38.6 Å². The Bertz CT molecular complexity index is 1280. The van der Waals surface area contributed by atoms with Gasteiger partial charge in [0.2, 0.25) is 5.91 Å². The van der Waals surface area contributed by atoms with Crippen LogP contribution in [0.4, 0.5) is 5.69 Å². The number of aromatic nitrogens is 4. The second kappa shape index (κ2) is 9.81. The fourth-order valence-electron chi connectivity index (χ4n) is 5.07. The minimum absolute atomic E-state index is 0.0243. The maximum atomic E-state index is 11.4. The molecule has 1 N–H and O–H groups in total. The van der Waals surface area contributed by atoms with Gasteiger partial charge in [-0.05, 0) is 74.6 Å². The minimum Gasteiger partial charge on any atom is -0.331 e. The number of piperidine rings is 1. The predicted molar refractivity (Wildman–Crippen MR) is 136 cm³/mol. The first kappa shape index (κ1) is 22.3. The molecule has 1 amide bonds. The van der Waals surface area contributed by atoms with E-state index in [4.69, 9.17) is 4.98 Å². The third kappa shape index (κ3) is 4.75. The van der Waals surface area contributed by atoms with Crippen LogP contribution in [0.1, 0.15) is 37.7 Å². The van der Waals surface area contributed by atoms with Gasteiger partial charge in [-0.2, -0.15) is 0 Å². The fraction of sp³-hybridized carbons (Fsp3) is 0.370. The Kier molecular flexibility index (Phi) is 6.45. The molecule has 7 heteroatoms. The number of carbonyl (C=O) groups excluding carboxylic acids is 1. The molecule has 0 unspecified atom stereocenters. The molecule has 1 aliphatic heterocycles. The number of amides is 1. The maximum Gasteiger partial charge on any atom is 0.221 e. The zero-order valence-electron chi connectivity index (χ0n) is 19.9. The molecule has 7 nitrogen and oxygen atoms in total. The Morgan fingerprint density at radius 1 is 1.06 bits per heavy atom. The van der Waals surface area contributed by atoms with Crippen LogP contribution in [0.25, 0.3) is 22.7 Å². The third-order valence-corrected chi connectivity index (χ3v) is 6.80. The maximum absolute atomic E-state index is 11.4. The van der Waals surface area contributed by atoms with E-state index in [1.165, 1.54) is 11.1 Å². The highest BCUT2D eigenvalue weighted by Crippen LogP contribution is 2.30. The van der Waals surface area contributed by atoms with Gasteiger partial charge in [-0.1, -0.05) is 24.3 Å². The van der Waals surface area contributed by atoms with E-state index in [0.717, 1.165) is 68.3 Å². The van der Waals surface area contributed by atoms with Crippen LogP contribution in [0.15, 0.2) is 60.9 Å². The number of nitrogens with one attached hydrogen (secondary N) is 1. The van der Waals surface area contributed by atoms with Crippen LogP contribution in [0.2, 0.25) is 0 Å². The molecule has 34 heavy (non-hydrogen) atoms. The number of likely N-dealkylation sites (tertiary alicyclic amines) is 1. The highest BCUT2D eigenvalue weighted by atomic mass is 16.1. The van der Waals surface area contributed by atoms with E-state index in [-0.39, 0.29) is 5.91 Å². The summed E-state index contributed by atoms with van der Waals surface area (Å²) in [5.41, 5.74) is 4.40. The van der Waals surface area contributed by atoms with Gasteiger partial charge >= 0.3 is 0 Å². The van der Waals surface area contributed by atoms with Gasteiger partial charge in [-0.15, -0.1) is 0 Å². The molecule has 0 spiro atoms. The van der Waals surface area contributed by atoms with Gasteiger partial charge in [0.25, 0.3) is 0 Å². The second-order valence-electron chi connectivity index (χ2n) is 9.21. The summed E-state index contributed by atoms with van der Waals surface area (Å²) in [5, 5.41) is 2.90. The van der Waals surface area contributed by atoms with E-state index in [2.05, 4.69) is 50.1 Å². The number of para-hydroxylation sites is 2. The van der Waals surface area contributed by atoms with E-state index in [1.54, 1.807) is 6.92 Å². The molecule has 0 bridgehead atoms. The summed E-state index contributed by atoms with van der Waals surface area (Å²) >= 11 is 0. The number of fused-ring (bicyclic) bond motifs is 1. The van der Waals surface area contributed by atoms with Crippen molar-refractivity contribution < 1.29 is 4.79 Å². The molecule has 0 aliphatic carbocycles. The first-order chi connectivity index (χ1) is 16.6. The van der Waals surface area contributed by atoms with Crippen LogP contribution in [-0.4, -0.2) is 49.5 Å². The first-order valence-corrected chi connectivity index (χ1v) is 12.1. The van der Waals surface area contributed by atoms with Gasteiger partial charge in [0.1, 0.15) is 0 Å². The topological polar surface area (TPSA) is 68.0 Å². The summed E-state index contributed by atoms with van der Waals surface area (Å²) in [6.45, 7) is 5.75. The molecule has 2 aromatic heterocycles. The average Bonchev–Trinajstić information content (AvgIpc) is 3.42. The summed E-state index contributed by atoms with van der Waals surface area (Å²) in [4.78, 5) is 23.4. The summed E-state index contributed by atoms with van der Waals surface area (Å²) in [6, 6.07) is 16.7. The molecular formula is C27H32N6O. The van der Waals surface area contributed by atoms with Crippen molar-refractivity contribution in [3.05, 3.63) is 66.5 Å². The Labute approximate surface area is 200 Å². The molecule has 5 rings (SSSR count). The van der Waals surface area contributed by atoms with Crippen LogP contribution in [0.3, 0.4) is 0 Å². The van der Waals surface area contributed by atoms with Gasteiger partial charge in [0.05, 0.1) is 11.0 Å². The smallest absolute Gasteiger partial charge is 0.221 e. The molecule has 3 heterocycles. The predicted octanol–water partition coefficient (Wildman–Crippen LogP) is 4.66. The van der Waals surface area contributed by atoms with Gasteiger partial charge in [-0.3, -0.25) is 4.79 Å². The quantitative estimate of drug-likeness (QED) is 0.439. The molecule has 0 atom stereocenters. The summed E-state index contributed by atoms with van der Waals surface area (Å²) < 4.78 is 4.35. The van der Waals surface area contributed by atoms with Crippen molar-refractivity contribution in [3.63, 3.8) is 0 Å². The van der Waals surface area contributed by atoms with Gasteiger partial charge in [0.15, 0.2) is 11.6 Å². The normalized spacial score (nSPS) is 15.1. The molecule has 1 saturated heterocycles. The number of carbonyl (C=O) groups is 1. The molecule has 2 aromatic carbocycles. The molecule has 1 fully saturated rings. The summed E-state index contributed by atoms with van der Waals surface area (Å²) in [6.07, 6.45) is 7.16. The van der Waals surface area contributed by atoms with E-state index >= 15 is 0 Å². The fourth-order valence-corrected chi connectivity index (χ4v) is 5.07. The Morgan fingerprint density at radius 3 is 2.65 bits per heavy atom. The van der Waals surface area contributed by atoms with Gasteiger partial charge < -0.3 is 19.4 Å². The lowest BCUT2D eigenvalue weighted by atomic mass is 9.89. The Morgan fingerprint density at radius 2 is 1.88 bits per heavy atom. The molecular weight excluding hydrogens is 424 g/mol. The second-order valence-corrected chi connectivity index (χ2v) is 9.21. The third-order valence-electron chi connectivity index (χ3n) is 6.80. The first-order valence-electron chi connectivity index (χ1n) is 12.1. The SMILES string of the molecule is CC(=O)Nc1cccc(C2CCN(CCCn3c(-c4nccn4C)nc4ccccc43)CC2)c1. The zero-order valence-corrected chi connectivity index (χ0v) is 19.9. The molecule has 0 saturated carbocycles. The molecule has 176 valence electrons. The number of rotatable bonds is 7. The monoisotopic (exact) mass is 456 g/mol. The molecule has 0 radical (unpaired) electrons. The minimum atomic E-state index is -0.0243. The lowest BCUT2D eigenvalue weighted by Crippen LogP contribution is -2.34. The van der Waals surface area contributed by atoms with Crippen molar-refractivity contribution >= 4 is 22.6 Å². The van der Waals surface area contributed by atoms with Crippen LogP contribution >= 0.6 is 0 Å². The van der Waals surface area contributed by atoms with E-state index in [1.807, 2.05) is 42.2 Å². The van der Waals surface area contributed by atoms with Gasteiger partial charge in [-0.25, -0.2) is 9.97 Å². The van der Waals surface area contributed by atoms with Crippen LogP contribution in [0.5, 0.6) is 0 Å². The van der Waals surface area contributed by atoms with E-state index in [0.29, 0.717) is 5.92 Å². The van der Waals surface area contributed by atoms with Crippen molar-refractivity contribution in [1.82, 2.24) is 24.0 Å². The number of imidazole rings is 2. The molecule has 1 aliphatic rings. The Hall–Kier alpha value is -3.45. The molecule has 4 aromatic rings. The van der Waals surface area contributed by atoms with Crippen molar-refractivity contribution in [3.8, 4) is 11.6 Å². The zero-order chi connectivity index (χ0) is 23.5. The van der Waals surface area contributed by atoms with Crippen LogP contribution in [-0.2, 0) is 18.4 Å². The highest BCUT2D eigenvalue weighted by Gasteiger charge is 2.21. The number of hydrogen-bond acceptors (Lipinski definition) is 4. The van der Waals surface area contributed by atoms with E-state index in [9.17, 15) is 4.79 Å². The van der Waals surface area contributed by atoms with Crippen molar-refractivity contribution in [2.24, 2.45) is 7.05 Å². The van der Waals surface area contributed by atoms with Crippen LogP contribution < -0.4 is 5.32 Å². The number of hydrogen-bond donors (Lipinski definition) is 1. The Balaban J connectivity index is 1.20. The van der Waals surface area contributed by atoms with Crippen molar-refractivity contribution in [2.45, 2.75) is 38.6 Å². The average molecular weight is 457 g/mol. The van der Waals surface area contributed by atoms with Crippen molar-refractivity contribution in [1.29, 1.82) is 0 Å². The van der Waals surface area contributed by atoms with E-state index < -0.39 is 0 Å². The highest BCUT2D eigenvalue weighted by molar-refractivity contribution is 5.88. The van der Waals surface area contributed by atoms with Crippen molar-refractivity contribution in [2.75, 3.05) is 25.0 Å².